The molecule has 0 aliphatic carbocycles. The van der Waals surface area contributed by atoms with E-state index >= 15 is 0 Å². The lowest BCUT2D eigenvalue weighted by Gasteiger charge is -2.20. The molecule has 0 amide bonds. The summed E-state index contributed by atoms with van der Waals surface area (Å²) < 4.78 is 1.28. The molecule has 0 fully saturated rings. The second-order valence-electron chi connectivity index (χ2n) is 5.38. The van der Waals surface area contributed by atoms with Gasteiger partial charge in [-0.2, -0.15) is 0 Å². The molecule has 1 nitrogen and oxygen atoms in total. The molecule has 2 aromatic rings. The molecule has 0 aliphatic heterocycles. The van der Waals surface area contributed by atoms with Gasteiger partial charge >= 0.3 is 0 Å². The van der Waals surface area contributed by atoms with E-state index in [2.05, 4.69) is 85.1 Å². The molecular formula is C17H22INS. The van der Waals surface area contributed by atoms with Crippen LogP contribution < -0.4 is 5.32 Å². The molecule has 1 unspecified atom stereocenters. The predicted molar refractivity (Wildman–Crippen MR) is 98.3 cm³/mol. The quantitative estimate of drug-likeness (QED) is 0.613. The van der Waals surface area contributed by atoms with Gasteiger partial charge in [-0.15, -0.1) is 11.3 Å². The van der Waals surface area contributed by atoms with Crippen LogP contribution in [-0.2, 0) is 0 Å². The second-order valence-corrected chi connectivity index (χ2v) is 7.75. The number of hydrogen-bond acceptors (Lipinski definition) is 2. The molecule has 20 heavy (non-hydrogen) atoms. The van der Waals surface area contributed by atoms with E-state index in [1.807, 2.05) is 11.3 Å². The van der Waals surface area contributed by atoms with Gasteiger partial charge in [0.15, 0.2) is 0 Å². The van der Waals surface area contributed by atoms with Crippen molar-refractivity contribution in [3.05, 3.63) is 44.8 Å². The third kappa shape index (κ3) is 4.06. The molecule has 0 bridgehead atoms. The van der Waals surface area contributed by atoms with E-state index in [0.717, 1.165) is 6.54 Å². The monoisotopic (exact) mass is 399 g/mol. The van der Waals surface area contributed by atoms with Crippen molar-refractivity contribution in [1.82, 2.24) is 5.32 Å². The number of benzene rings is 1. The normalized spacial score (nSPS) is 12.8. The minimum atomic E-state index is 0.470. The second kappa shape index (κ2) is 7.57. The van der Waals surface area contributed by atoms with E-state index in [0.29, 0.717) is 12.0 Å². The Labute approximate surface area is 139 Å². The maximum Gasteiger partial charge on any atom is 0.0438 e. The minimum Gasteiger partial charge on any atom is -0.309 e. The van der Waals surface area contributed by atoms with E-state index in [1.54, 1.807) is 0 Å². The van der Waals surface area contributed by atoms with E-state index in [9.17, 15) is 0 Å². The first kappa shape index (κ1) is 16.0. The van der Waals surface area contributed by atoms with Crippen LogP contribution in [0.2, 0.25) is 0 Å². The molecule has 0 radical (unpaired) electrons. The van der Waals surface area contributed by atoms with Gasteiger partial charge in [0.1, 0.15) is 0 Å². The van der Waals surface area contributed by atoms with Gasteiger partial charge in [0.05, 0.1) is 0 Å². The van der Waals surface area contributed by atoms with Crippen molar-refractivity contribution in [3.63, 3.8) is 0 Å². The van der Waals surface area contributed by atoms with Crippen LogP contribution in [0.3, 0.4) is 0 Å². The average molecular weight is 399 g/mol. The Hall–Kier alpha value is -0.390. The van der Waals surface area contributed by atoms with E-state index in [1.165, 1.54) is 25.3 Å². The Kier molecular flexibility index (Phi) is 6.05. The first-order chi connectivity index (χ1) is 9.61. The lowest BCUT2D eigenvalue weighted by Crippen LogP contribution is -2.25. The Balaban J connectivity index is 2.20. The van der Waals surface area contributed by atoms with Gasteiger partial charge < -0.3 is 5.32 Å². The summed E-state index contributed by atoms with van der Waals surface area (Å²) in [4.78, 5) is 2.81. The van der Waals surface area contributed by atoms with E-state index in [-0.39, 0.29) is 0 Å². The number of thiophene rings is 1. The van der Waals surface area contributed by atoms with Gasteiger partial charge in [-0.25, -0.2) is 0 Å². The first-order valence-corrected chi connectivity index (χ1v) is 9.10. The maximum atomic E-state index is 3.67. The Morgan fingerprint density at radius 2 is 1.80 bits per heavy atom. The summed E-state index contributed by atoms with van der Waals surface area (Å²) in [7, 11) is 0. The van der Waals surface area contributed by atoms with Crippen LogP contribution in [0, 0.1) is 9.49 Å². The summed E-state index contributed by atoms with van der Waals surface area (Å²) in [6.45, 7) is 7.88. The van der Waals surface area contributed by atoms with Crippen molar-refractivity contribution >= 4 is 33.9 Å². The van der Waals surface area contributed by atoms with Crippen LogP contribution in [0.4, 0.5) is 0 Å². The zero-order chi connectivity index (χ0) is 14.5. The summed E-state index contributed by atoms with van der Waals surface area (Å²) in [5.41, 5.74) is 1.32. The topological polar surface area (TPSA) is 12.0 Å². The number of rotatable bonds is 6. The SMILES string of the molecule is CCCNC(c1ccc(-c2ccc(I)cc2)s1)C(C)C. The highest BCUT2D eigenvalue weighted by Gasteiger charge is 2.17. The van der Waals surface area contributed by atoms with Crippen molar-refractivity contribution in [2.75, 3.05) is 6.54 Å². The molecule has 0 spiro atoms. The largest absolute Gasteiger partial charge is 0.309 e. The first-order valence-electron chi connectivity index (χ1n) is 7.21. The van der Waals surface area contributed by atoms with Crippen molar-refractivity contribution in [2.24, 2.45) is 5.92 Å². The maximum absolute atomic E-state index is 3.67. The molecule has 1 aromatic carbocycles. The minimum absolute atomic E-state index is 0.470. The van der Waals surface area contributed by atoms with Gasteiger partial charge in [0.2, 0.25) is 0 Å². The van der Waals surface area contributed by atoms with Crippen molar-refractivity contribution in [2.45, 2.75) is 33.2 Å². The van der Waals surface area contributed by atoms with Crippen LogP contribution in [-0.4, -0.2) is 6.54 Å². The van der Waals surface area contributed by atoms with E-state index in [4.69, 9.17) is 0 Å². The molecular weight excluding hydrogens is 377 g/mol. The Morgan fingerprint density at radius 3 is 2.40 bits per heavy atom. The summed E-state index contributed by atoms with van der Waals surface area (Å²) in [5.74, 6) is 0.616. The predicted octanol–water partition coefficient (Wildman–Crippen LogP) is 5.72. The molecule has 3 heteroatoms. The van der Waals surface area contributed by atoms with E-state index < -0.39 is 0 Å². The summed E-state index contributed by atoms with van der Waals surface area (Å²) in [5, 5.41) is 3.67. The van der Waals surface area contributed by atoms with Gasteiger partial charge in [-0.05, 0) is 71.3 Å². The third-order valence-electron chi connectivity index (χ3n) is 3.34. The van der Waals surface area contributed by atoms with Gasteiger partial charge in [-0.1, -0.05) is 32.9 Å². The molecule has 108 valence electrons. The van der Waals surface area contributed by atoms with Crippen LogP contribution in [0.15, 0.2) is 36.4 Å². The number of hydrogen-bond donors (Lipinski definition) is 1. The highest BCUT2D eigenvalue weighted by Crippen LogP contribution is 2.34. The zero-order valence-corrected chi connectivity index (χ0v) is 15.3. The van der Waals surface area contributed by atoms with Gasteiger partial charge in [0.25, 0.3) is 0 Å². The average Bonchev–Trinajstić information content (AvgIpc) is 2.89. The van der Waals surface area contributed by atoms with Crippen LogP contribution in [0.25, 0.3) is 10.4 Å². The fourth-order valence-electron chi connectivity index (χ4n) is 2.25. The van der Waals surface area contributed by atoms with Crippen molar-refractivity contribution in [3.8, 4) is 10.4 Å². The highest BCUT2D eigenvalue weighted by molar-refractivity contribution is 14.1. The summed E-state index contributed by atoms with van der Waals surface area (Å²) in [6, 6.07) is 13.8. The lowest BCUT2D eigenvalue weighted by molar-refractivity contribution is 0.418. The molecule has 0 aliphatic rings. The van der Waals surface area contributed by atoms with Crippen LogP contribution >= 0.6 is 33.9 Å². The Bertz CT molecular complexity index is 530. The van der Waals surface area contributed by atoms with Crippen LogP contribution in [0.1, 0.15) is 38.1 Å². The molecule has 1 aromatic heterocycles. The molecule has 0 saturated carbocycles. The van der Waals surface area contributed by atoms with Crippen molar-refractivity contribution < 1.29 is 0 Å². The van der Waals surface area contributed by atoms with Crippen molar-refractivity contribution in [1.29, 1.82) is 0 Å². The fraction of sp³-hybridized carbons (Fsp3) is 0.412. The molecule has 1 heterocycles. The summed E-state index contributed by atoms with van der Waals surface area (Å²) in [6.07, 6.45) is 1.18. The molecule has 2 rings (SSSR count). The van der Waals surface area contributed by atoms with Gasteiger partial charge in [0, 0.05) is 19.4 Å². The number of nitrogens with one attached hydrogen (secondary N) is 1. The highest BCUT2D eigenvalue weighted by atomic mass is 127. The zero-order valence-electron chi connectivity index (χ0n) is 12.3. The smallest absolute Gasteiger partial charge is 0.0438 e. The Morgan fingerprint density at radius 1 is 1.10 bits per heavy atom. The standard InChI is InChI=1S/C17H22INS/c1-4-11-19-17(12(2)3)16-10-9-15(20-16)13-5-7-14(18)8-6-13/h5-10,12,17,19H,4,11H2,1-3H3. The number of halogens is 1. The molecule has 1 atom stereocenters. The summed E-state index contributed by atoms with van der Waals surface area (Å²) >= 11 is 4.26. The molecule has 0 saturated heterocycles. The fourth-order valence-corrected chi connectivity index (χ4v) is 3.88. The third-order valence-corrected chi connectivity index (χ3v) is 5.28. The lowest BCUT2D eigenvalue weighted by atomic mass is 10.0. The van der Waals surface area contributed by atoms with Gasteiger partial charge in [-0.3, -0.25) is 0 Å². The van der Waals surface area contributed by atoms with Crippen LogP contribution in [0.5, 0.6) is 0 Å². The molecule has 1 N–H and O–H groups in total.